The van der Waals surface area contributed by atoms with E-state index in [9.17, 15) is 4.79 Å². The first-order valence-electron chi connectivity index (χ1n) is 9.72. The van der Waals surface area contributed by atoms with E-state index >= 15 is 0 Å². The van der Waals surface area contributed by atoms with Gasteiger partial charge in [-0.15, -0.1) is 0 Å². The molecule has 0 saturated carbocycles. The first-order valence-corrected chi connectivity index (χ1v) is 12.6. The quantitative estimate of drug-likeness (QED) is 0.554. The normalized spacial score (nSPS) is 29.1. The third-order valence-corrected chi connectivity index (χ3v) is 9.56. The summed E-state index contributed by atoms with van der Waals surface area (Å²) >= 11 is 0. The zero-order valence-electron chi connectivity index (χ0n) is 18.8. The summed E-state index contributed by atoms with van der Waals surface area (Å²) in [5.74, 6) is -0.784. The van der Waals surface area contributed by atoms with Gasteiger partial charge in [0.2, 0.25) is 0 Å². The van der Waals surface area contributed by atoms with Crippen LogP contribution in [0.2, 0.25) is 18.1 Å². The molecule has 0 aliphatic carbocycles. The van der Waals surface area contributed by atoms with Crippen molar-refractivity contribution in [3.63, 3.8) is 0 Å². The third-order valence-electron chi connectivity index (χ3n) is 5.05. The highest BCUT2D eigenvalue weighted by atomic mass is 28.4. The zero-order chi connectivity index (χ0) is 21.5. The third kappa shape index (κ3) is 5.76. The number of nitrogens with zero attached hydrogens (tertiary/aromatic N) is 1. The van der Waals surface area contributed by atoms with Crippen molar-refractivity contribution in [3.8, 4) is 0 Å². The van der Waals surface area contributed by atoms with Crippen LogP contribution in [-0.2, 0) is 23.4 Å². The van der Waals surface area contributed by atoms with Crippen LogP contribution >= 0.6 is 0 Å². The lowest BCUT2D eigenvalue weighted by Crippen LogP contribution is -2.44. The van der Waals surface area contributed by atoms with E-state index in [2.05, 4.69) is 44.4 Å². The molecule has 0 aromatic carbocycles. The van der Waals surface area contributed by atoms with Crippen LogP contribution in [0.1, 0.15) is 55.4 Å². The van der Waals surface area contributed by atoms with E-state index in [0.29, 0.717) is 12.3 Å². The first-order chi connectivity index (χ1) is 12.5. The number of fused-ring (bicyclic) bond motifs is 1. The molecule has 0 bridgehead atoms. The Morgan fingerprint density at radius 1 is 1.18 bits per heavy atom. The van der Waals surface area contributed by atoms with Gasteiger partial charge in [-0.05, 0) is 52.8 Å². The average Bonchev–Trinajstić information content (AvgIpc) is 2.91. The van der Waals surface area contributed by atoms with Crippen LogP contribution in [0.4, 0.5) is 4.79 Å². The van der Waals surface area contributed by atoms with E-state index in [1.807, 2.05) is 13.8 Å². The molecule has 8 nitrogen and oxygen atoms in total. The highest BCUT2D eigenvalue weighted by molar-refractivity contribution is 6.74. The molecule has 28 heavy (non-hydrogen) atoms. The number of carbonyl (C=O) groups excluding carboxylic acids is 1. The average molecular weight is 417 g/mol. The molecular weight excluding hydrogens is 380 g/mol. The summed E-state index contributed by atoms with van der Waals surface area (Å²) < 4.78 is 29.3. The van der Waals surface area contributed by atoms with Crippen LogP contribution in [0.25, 0.3) is 0 Å². The molecule has 0 radical (unpaired) electrons. The second-order valence-electron chi connectivity index (χ2n) is 10.3. The van der Waals surface area contributed by atoms with E-state index in [1.54, 1.807) is 20.8 Å². The van der Waals surface area contributed by atoms with E-state index in [1.165, 1.54) is 0 Å². The fourth-order valence-corrected chi connectivity index (χ4v) is 3.62. The molecular formula is C19H36N2O6Si. The van der Waals surface area contributed by atoms with Gasteiger partial charge in [-0.1, -0.05) is 20.8 Å². The Labute approximate surface area is 169 Å². The molecule has 2 aliphatic heterocycles. The fourth-order valence-electron chi connectivity index (χ4n) is 2.62. The number of hydrazone groups is 1. The lowest BCUT2D eigenvalue weighted by molar-refractivity contribution is -0.198. The van der Waals surface area contributed by atoms with E-state index in [4.69, 9.17) is 23.4 Å². The maximum Gasteiger partial charge on any atom is 0.428 e. The van der Waals surface area contributed by atoms with Crippen molar-refractivity contribution in [3.05, 3.63) is 0 Å². The zero-order valence-corrected chi connectivity index (χ0v) is 19.8. The predicted octanol–water partition coefficient (Wildman–Crippen LogP) is 3.77. The van der Waals surface area contributed by atoms with Crippen LogP contribution in [0.5, 0.6) is 0 Å². The largest absolute Gasteiger partial charge is 0.443 e. The highest BCUT2D eigenvalue weighted by Crippen LogP contribution is 2.39. The highest BCUT2D eigenvalue weighted by Gasteiger charge is 2.53. The number of amides is 1. The van der Waals surface area contributed by atoms with Gasteiger partial charge in [0.15, 0.2) is 26.5 Å². The first kappa shape index (κ1) is 23.3. The summed E-state index contributed by atoms with van der Waals surface area (Å²) in [6, 6.07) is 0. The van der Waals surface area contributed by atoms with Crippen LogP contribution in [0.15, 0.2) is 5.10 Å². The van der Waals surface area contributed by atoms with Crippen molar-refractivity contribution in [2.75, 3.05) is 6.61 Å². The summed E-state index contributed by atoms with van der Waals surface area (Å²) in [5.41, 5.74) is 2.38. The smallest absolute Gasteiger partial charge is 0.428 e. The van der Waals surface area contributed by atoms with Gasteiger partial charge in [0.1, 0.15) is 17.4 Å². The van der Waals surface area contributed by atoms with Gasteiger partial charge in [-0.3, -0.25) is 0 Å². The van der Waals surface area contributed by atoms with Gasteiger partial charge in [0, 0.05) is 0 Å². The number of ether oxygens (including phenoxy) is 4. The number of carbonyl (C=O) groups is 1. The summed E-state index contributed by atoms with van der Waals surface area (Å²) in [6.07, 6.45) is -2.18. The van der Waals surface area contributed by atoms with Gasteiger partial charge in [-0.25, -0.2) is 10.2 Å². The number of hydrogen-bond donors (Lipinski definition) is 1. The standard InChI is InChI=1S/C19H36N2O6Si/c1-17(2,3)27-16(22)21-20-13-12(11-23-28(9,10)18(4,5)6)24-15-14(13)25-19(7,8)26-15/h12,14-15H,11H2,1-10H3,(H,21,22)/t12-,14-,15+/m1/s1. The Balaban J connectivity index is 2.13. The second-order valence-corrected chi connectivity index (χ2v) is 15.1. The maximum absolute atomic E-state index is 12.0. The van der Waals surface area contributed by atoms with E-state index < -0.39 is 44.3 Å². The predicted molar refractivity (Wildman–Crippen MR) is 109 cm³/mol. The van der Waals surface area contributed by atoms with Crippen molar-refractivity contribution in [1.29, 1.82) is 0 Å². The SMILES string of the molecule is CC(C)(C)OC(=O)NN=C1[C@H]2OC(C)(C)O[C@@H]2O[C@@H]1CO[Si](C)(C)C(C)(C)C. The summed E-state index contributed by atoms with van der Waals surface area (Å²) in [4.78, 5) is 12.0. The molecule has 0 aromatic heterocycles. The number of nitrogens with one attached hydrogen (secondary N) is 1. The topological polar surface area (TPSA) is 87.6 Å². The van der Waals surface area contributed by atoms with Gasteiger partial charge in [0.25, 0.3) is 0 Å². The molecule has 2 saturated heterocycles. The fraction of sp³-hybridized carbons (Fsp3) is 0.895. The lowest BCUT2D eigenvalue weighted by atomic mass is 10.1. The molecule has 0 spiro atoms. The Bertz CT molecular complexity index is 621. The second kappa shape index (κ2) is 7.68. The van der Waals surface area contributed by atoms with Crippen molar-refractivity contribution in [2.24, 2.45) is 5.10 Å². The van der Waals surface area contributed by atoms with Gasteiger partial charge in [0.05, 0.1) is 6.61 Å². The molecule has 162 valence electrons. The van der Waals surface area contributed by atoms with Crippen molar-refractivity contribution < 1.29 is 28.2 Å². The van der Waals surface area contributed by atoms with Crippen LogP contribution in [-0.4, -0.2) is 56.6 Å². The van der Waals surface area contributed by atoms with Gasteiger partial charge >= 0.3 is 6.09 Å². The minimum atomic E-state index is -1.97. The molecule has 9 heteroatoms. The molecule has 2 rings (SSSR count). The van der Waals surface area contributed by atoms with Crippen LogP contribution in [0.3, 0.4) is 0 Å². The number of rotatable bonds is 4. The Kier molecular flexibility index (Phi) is 6.38. The van der Waals surface area contributed by atoms with Crippen LogP contribution < -0.4 is 5.43 Å². The molecule has 0 unspecified atom stereocenters. The van der Waals surface area contributed by atoms with Gasteiger partial charge < -0.3 is 23.4 Å². The molecule has 2 heterocycles. The maximum atomic E-state index is 12.0. The minimum Gasteiger partial charge on any atom is -0.443 e. The number of hydrogen-bond acceptors (Lipinski definition) is 7. The van der Waals surface area contributed by atoms with Crippen molar-refractivity contribution >= 4 is 20.1 Å². The Morgan fingerprint density at radius 3 is 2.32 bits per heavy atom. The molecule has 3 atom stereocenters. The summed E-state index contributed by atoms with van der Waals surface area (Å²) in [7, 11) is -1.97. The van der Waals surface area contributed by atoms with Crippen LogP contribution in [0, 0.1) is 0 Å². The summed E-state index contributed by atoms with van der Waals surface area (Å²) in [6.45, 7) is 20.2. The van der Waals surface area contributed by atoms with Gasteiger partial charge in [-0.2, -0.15) is 5.10 Å². The molecule has 2 aliphatic rings. The molecule has 1 amide bonds. The minimum absolute atomic E-state index is 0.0720. The molecule has 2 fully saturated rings. The van der Waals surface area contributed by atoms with Crippen molar-refractivity contribution in [1.82, 2.24) is 5.43 Å². The molecule has 1 N–H and O–H groups in total. The monoisotopic (exact) mass is 416 g/mol. The molecule has 0 aromatic rings. The summed E-state index contributed by atoms with van der Waals surface area (Å²) in [5, 5.41) is 4.33. The van der Waals surface area contributed by atoms with E-state index in [-0.39, 0.29) is 5.04 Å². The van der Waals surface area contributed by atoms with E-state index in [0.717, 1.165) is 0 Å². The van der Waals surface area contributed by atoms with Crippen molar-refractivity contribution in [2.45, 2.75) is 103 Å². The lowest BCUT2D eigenvalue weighted by Gasteiger charge is -2.37. The Morgan fingerprint density at radius 2 is 1.79 bits per heavy atom. The Hall–Kier alpha value is -1.00.